The van der Waals surface area contributed by atoms with Gasteiger partial charge in [-0.1, -0.05) is 0 Å². The van der Waals surface area contributed by atoms with Crippen LogP contribution in [0.1, 0.15) is 20.8 Å². The molecule has 160 valence electrons. The highest BCUT2D eigenvalue weighted by Gasteiger charge is 2.35. The molecule has 0 unspecified atom stereocenters. The van der Waals surface area contributed by atoms with Crippen LogP contribution in [-0.4, -0.2) is 46.9 Å². The number of nitrogen functional groups attached to an aromatic ring is 1. The lowest BCUT2D eigenvalue weighted by Crippen LogP contribution is -2.39. The maximum Gasteiger partial charge on any atom is 0.224 e. The Morgan fingerprint density at radius 1 is 1.27 bits per heavy atom. The fraction of sp³-hybridized carbons (Fsp3) is 0.368. The van der Waals surface area contributed by atoms with E-state index >= 15 is 0 Å². The molecular weight excluding hydrogens is 418 g/mol. The molecule has 0 spiro atoms. The number of imidazole rings is 1. The van der Waals surface area contributed by atoms with Crippen LogP contribution in [0.4, 0.5) is 14.6 Å². The van der Waals surface area contributed by atoms with Gasteiger partial charge in [-0.2, -0.15) is 9.37 Å². The molecule has 0 aromatic carbocycles. The van der Waals surface area contributed by atoms with E-state index in [2.05, 4.69) is 9.97 Å². The van der Waals surface area contributed by atoms with Crippen molar-refractivity contribution in [1.82, 2.24) is 14.4 Å². The number of hydrogen-bond acceptors (Lipinski definition) is 7. The van der Waals surface area contributed by atoms with E-state index in [0.29, 0.717) is 18.9 Å². The van der Waals surface area contributed by atoms with Crippen LogP contribution in [0.15, 0.2) is 29.4 Å². The van der Waals surface area contributed by atoms with Crippen molar-refractivity contribution in [3.05, 3.63) is 36.3 Å². The number of nitrogens with two attached hydrogens (primary N) is 1. The lowest BCUT2D eigenvalue weighted by atomic mass is 10.2. The van der Waals surface area contributed by atoms with Gasteiger partial charge in [0.1, 0.15) is 22.4 Å². The van der Waals surface area contributed by atoms with Gasteiger partial charge in [-0.15, -0.1) is 0 Å². The summed E-state index contributed by atoms with van der Waals surface area (Å²) in [6.45, 7) is 5.40. The molecule has 0 saturated carbocycles. The van der Waals surface area contributed by atoms with E-state index in [0.717, 1.165) is 6.07 Å². The highest BCUT2D eigenvalue weighted by atomic mass is 32.2. The van der Waals surface area contributed by atoms with Crippen molar-refractivity contribution in [2.45, 2.75) is 36.5 Å². The molecule has 4 rings (SSSR count). The van der Waals surface area contributed by atoms with Crippen LogP contribution in [0, 0.1) is 11.8 Å². The Hall–Kier alpha value is -2.79. The van der Waals surface area contributed by atoms with E-state index in [1.165, 1.54) is 22.9 Å². The van der Waals surface area contributed by atoms with Crippen LogP contribution in [0.25, 0.3) is 16.9 Å². The molecule has 3 aromatic rings. The number of rotatable bonds is 4. The van der Waals surface area contributed by atoms with E-state index in [-0.39, 0.29) is 28.0 Å². The Balaban J connectivity index is 1.95. The topological polar surface area (TPSA) is 109 Å². The molecule has 1 aliphatic rings. The molecule has 3 aromatic heterocycles. The van der Waals surface area contributed by atoms with Crippen molar-refractivity contribution in [2.24, 2.45) is 0 Å². The molecule has 8 nitrogen and oxygen atoms in total. The van der Waals surface area contributed by atoms with Gasteiger partial charge in [0.05, 0.1) is 35.4 Å². The summed E-state index contributed by atoms with van der Waals surface area (Å²) in [6, 6.07) is 2.36. The Bertz CT molecular complexity index is 1250. The van der Waals surface area contributed by atoms with Gasteiger partial charge in [-0.25, -0.2) is 17.8 Å². The molecule has 11 heteroatoms. The zero-order valence-electron chi connectivity index (χ0n) is 16.5. The van der Waals surface area contributed by atoms with Crippen molar-refractivity contribution < 1.29 is 26.7 Å². The Kier molecular flexibility index (Phi) is 4.70. The molecule has 30 heavy (non-hydrogen) atoms. The smallest absolute Gasteiger partial charge is 0.224 e. The van der Waals surface area contributed by atoms with Crippen molar-refractivity contribution in [3.63, 3.8) is 0 Å². The van der Waals surface area contributed by atoms with Gasteiger partial charge < -0.3 is 15.2 Å². The summed E-state index contributed by atoms with van der Waals surface area (Å²) in [7, 11) is -3.85. The van der Waals surface area contributed by atoms with Gasteiger partial charge in [-0.05, 0) is 26.8 Å². The van der Waals surface area contributed by atoms with Crippen molar-refractivity contribution in [2.75, 3.05) is 18.9 Å². The zero-order valence-corrected chi connectivity index (χ0v) is 17.3. The number of anilines is 1. The monoisotopic (exact) mass is 438 g/mol. The van der Waals surface area contributed by atoms with E-state index in [1.54, 1.807) is 20.8 Å². The highest BCUT2D eigenvalue weighted by Crippen LogP contribution is 2.36. The van der Waals surface area contributed by atoms with Gasteiger partial charge in [0.2, 0.25) is 5.95 Å². The van der Waals surface area contributed by atoms with Crippen LogP contribution in [0.3, 0.4) is 0 Å². The third-order valence-corrected chi connectivity index (χ3v) is 7.30. The zero-order chi connectivity index (χ0) is 21.8. The SMILES string of the molecule is CC(C)(C)S(=O)(=O)c1cn2c(-c3cc(F)c(N)nc3F)cnc2cc1OC1COC1. The summed E-state index contributed by atoms with van der Waals surface area (Å²) < 4.78 is 65.9. The number of nitrogens with zero attached hydrogens (tertiary/aromatic N) is 3. The molecule has 1 aliphatic heterocycles. The first kappa shape index (κ1) is 20.5. The summed E-state index contributed by atoms with van der Waals surface area (Å²) in [5.41, 5.74) is 5.53. The minimum absolute atomic E-state index is 0.0852. The summed E-state index contributed by atoms with van der Waals surface area (Å²) in [6.07, 6.45) is 2.33. The first-order chi connectivity index (χ1) is 14.0. The third-order valence-electron chi connectivity index (χ3n) is 4.80. The number of sulfone groups is 1. The maximum atomic E-state index is 14.4. The molecule has 1 fully saturated rings. The standard InChI is InChI=1S/C19H20F2N4O4S/c1-19(2,3)30(26,27)15-7-25-13(11-4-12(20)18(22)24-17(11)21)6-23-16(25)5-14(15)29-10-8-28-9-10/h4-7,10H,8-9H2,1-3H3,(H2,22,24). The number of fused-ring (bicyclic) bond motifs is 1. The Morgan fingerprint density at radius 2 is 1.97 bits per heavy atom. The quantitative estimate of drug-likeness (QED) is 0.624. The molecule has 0 bridgehead atoms. The van der Waals surface area contributed by atoms with Gasteiger partial charge in [-0.3, -0.25) is 4.40 Å². The lowest BCUT2D eigenvalue weighted by molar-refractivity contribution is -0.0807. The van der Waals surface area contributed by atoms with Crippen molar-refractivity contribution in [1.29, 1.82) is 0 Å². The van der Waals surface area contributed by atoms with Crippen LogP contribution >= 0.6 is 0 Å². The van der Waals surface area contributed by atoms with E-state index < -0.39 is 32.2 Å². The van der Waals surface area contributed by atoms with E-state index in [4.69, 9.17) is 15.2 Å². The third kappa shape index (κ3) is 3.27. The number of aromatic nitrogens is 3. The second-order valence-corrected chi connectivity index (χ2v) is 10.6. The highest BCUT2D eigenvalue weighted by molar-refractivity contribution is 7.92. The number of pyridine rings is 2. The molecule has 2 N–H and O–H groups in total. The van der Waals surface area contributed by atoms with E-state index in [1.807, 2.05) is 0 Å². The molecule has 1 saturated heterocycles. The molecule has 4 heterocycles. The minimum Gasteiger partial charge on any atom is -0.484 e. The van der Waals surface area contributed by atoms with Gasteiger partial charge in [0, 0.05) is 12.3 Å². The predicted octanol–water partition coefficient (Wildman–Crippen LogP) is 2.61. The molecule has 0 atom stereocenters. The van der Waals surface area contributed by atoms with Crippen LogP contribution in [0.5, 0.6) is 5.75 Å². The van der Waals surface area contributed by atoms with Gasteiger partial charge in [0.25, 0.3) is 0 Å². The second kappa shape index (κ2) is 6.88. The first-order valence-corrected chi connectivity index (χ1v) is 10.6. The molecule has 0 radical (unpaired) electrons. The first-order valence-electron chi connectivity index (χ1n) is 9.11. The largest absolute Gasteiger partial charge is 0.484 e. The maximum absolute atomic E-state index is 14.4. The summed E-state index contributed by atoms with van der Waals surface area (Å²) >= 11 is 0. The van der Waals surface area contributed by atoms with Crippen molar-refractivity contribution >= 4 is 21.3 Å². The fourth-order valence-corrected chi connectivity index (χ4v) is 4.21. The second-order valence-electron chi connectivity index (χ2n) is 7.96. The van der Waals surface area contributed by atoms with Crippen molar-refractivity contribution in [3.8, 4) is 17.0 Å². The number of ether oxygens (including phenoxy) is 2. The lowest BCUT2D eigenvalue weighted by Gasteiger charge is -2.29. The average molecular weight is 438 g/mol. The van der Waals surface area contributed by atoms with Crippen LogP contribution < -0.4 is 10.5 Å². The number of hydrogen-bond donors (Lipinski definition) is 1. The molecule has 0 amide bonds. The Morgan fingerprint density at radius 3 is 2.57 bits per heavy atom. The van der Waals surface area contributed by atoms with Gasteiger partial charge in [0.15, 0.2) is 21.5 Å². The van der Waals surface area contributed by atoms with Crippen LogP contribution in [0.2, 0.25) is 0 Å². The minimum atomic E-state index is -3.85. The normalized spacial score (nSPS) is 15.4. The molecular formula is C19H20F2N4O4S. The predicted molar refractivity (Wildman–Crippen MR) is 105 cm³/mol. The summed E-state index contributed by atoms with van der Waals surface area (Å²) in [5.74, 6) is -2.33. The van der Waals surface area contributed by atoms with E-state index in [9.17, 15) is 17.2 Å². The molecule has 0 aliphatic carbocycles. The number of halogens is 2. The Labute approximate surface area is 171 Å². The van der Waals surface area contributed by atoms with Gasteiger partial charge >= 0.3 is 0 Å². The fourth-order valence-electron chi connectivity index (χ4n) is 2.93. The van der Waals surface area contributed by atoms with Crippen LogP contribution in [-0.2, 0) is 14.6 Å². The average Bonchev–Trinajstić information content (AvgIpc) is 3.02. The summed E-state index contributed by atoms with van der Waals surface area (Å²) in [4.78, 5) is 7.47. The summed E-state index contributed by atoms with van der Waals surface area (Å²) in [5, 5.41) is 0.